The van der Waals surface area contributed by atoms with Gasteiger partial charge in [-0.25, -0.2) is 9.59 Å². The summed E-state index contributed by atoms with van der Waals surface area (Å²) in [5.41, 5.74) is 1.46. The predicted molar refractivity (Wildman–Crippen MR) is 212 cm³/mol. The number of esters is 1. The molecule has 0 spiro atoms. The topological polar surface area (TPSA) is 256 Å². The first-order valence-corrected chi connectivity index (χ1v) is 19.2. The molecule has 0 saturated carbocycles. The van der Waals surface area contributed by atoms with Crippen molar-refractivity contribution >= 4 is 47.6 Å². The normalized spacial score (nSPS) is 9.95. The molecule has 4 aromatic carbocycles. The van der Waals surface area contributed by atoms with E-state index in [1.807, 2.05) is 0 Å². The first kappa shape index (κ1) is 61.0. The van der Waals surface area contributed by atoms with Crippen LogP contribution in [-0.4, -0.2) is 101 Å². The van der Waals surface area contributed by atoms with Gasteiger partial charge in [-0.1, -0.05) is 0 Å². The first-order valence-electron chi connectivity index (χ1n) is 17.7. The largest absolute Gasteiger partial charge is 1.00 e. The molecule has 0 radical (unpaired) electrons. The molecule has 0 aromatic heterocycles. The predicted octanol–water partition coefficient (Wildman–Crippen LogP) is -1.71. The molecule has 63 heavy (non-hydrogen) atoms. The first-order chi connectivity index (χ1) is 29.4. The van der Waals surface area contributed by atoms with Crippen LogP contribution in [0.1, 0.15) is 55.3 Å². The van der Waals surface area contributed by atoms with Crippen LogP contribution in [-0.2, 0) is 33.0 Å². The summed E-state index contributed by atoms with van der Waals surface area (Å²) >= 11 is 1.44. The van der Waals surface area contributed by atoms with Crippen LogP contribution >= 0.6 is 24.1 Å². The van der Waals surface area contributed by atoms with Crippen LogP contribution in [0.15, 0.2) is 94.7 Å². The van der Waals surface area contributed by atoms with Gasteiger partial charge in [-0.3, -0.25) is 19.7 Å². The molecule has 0 aliphatic heterocycles. The van der Waals surface area contributed by atoms with Crippen LogP contribution in [0.3, 0.4) is 0 Å². The summed E-state index contributed by atoms with van der Waals surface area (Å²) in [5.74, 6) is 0.231. The third kappa shape index (κ3) is 26.6. The maximum atomic E-state index is 12.1. The van der Waals surface area contributed by atoms with E-state index in [9.17, 15) is 29.7 Å². The van der Waals surface area contributed by atoms with Crippen molar-refractivity contribution in [2.24, 2.45) is 0 Å². The van der Waals surface area contributed by atoms with Gasteiger partial charge in [0, 0.05) is 47.3 Å². The SMILES string of the molecule is COCCOc1cc(OCCO)cc(C(C)=O)c1.COCCOc1cc(OCCOC(=O)c2ccc(SOO[O-])cc2)cc(C(C)=O)c1.O=C(O)c1ccc(SOO[O-])cc1.[K+].[K+]. The molecule has 4 aromatic rings. The average Bonchev–Trinajstić information content (AvgIpc) is 3.26. The number of Topliss-reactive ketones (excluding diaryl/α,β-unsaturated/α-hetero) is 2. The number of ketones is 2. The summed E-state index contributed by atoms with van der Waals surface area (Å²) < 4.78 is 45.1. The third-order valence-electron chi connectivity index (χ3n) is 7.14. The molecular weight excluding hydrogens is 927 g/mol. The number of aliphatic hydroxyl groups is 1. The second-order valence-electron chi connectivity index (χ2n) is 11.5. The Balaban J connectivity index is 0.000000992. The van der Waals surface area contributed by atoms with Crippen molar-refractivity contribution in [1.82, 2.24) is 0 Å². The molecule has 0 heterocycles. The second-order valence-corrected chi connectivity index (χ2v) is 13.1. The monoisotopic (exact) mass is 970 g/mol. The Bertz CT molecular complexity index is 1920. The number of methoxy groups -OCH3 is 2. The van der Waals surface area contributed by atoms with Gasteiger partial charge in [-0.15, -0.1) is 0 Å². The quantitative estimate of drug-likeness (QED) is 0.0143. The van der Waals surface area contributed by atoms with Gasteiger partial charge in [0.25, 0.3) is 0 Å². The minimum absolute atomic E-state index is 0. The van der Waals surface area contributed by atoms with E-state index in [-0.39, 0.29) is 146 Å². The number of carbonyl (C=O) groups is 4. The Morgan fingerprint density at radius 1 is 0.524 bits per heavy atom. The van der Waals surface area contributed by atoms with E-state index in [0.717, 1.165) is 12.0 Å². The molecule has 0 unspecified atom stereocenters. The molecule has 2 N–H and O–H groups in total. The molecule has 0 fully saturated rings. The Hall–Kier alpha value is -2.03. The van der Waals surface area contributed by atoms with E-state index in [1.54, 1.807) is 62.8 Å². The second kappa shape index (κ2) is 37.1. The van der Waals surface area contributed by atoms with Crippen LogP contribution in [0.25, 0.3) is 0 Å². The summed E-state index contributed by atoms with van der Waals surface area (Å²) in [6.07, 6.45) is 0. The van der Waals surface area contributed by atoms with Gasteiger partial charge in [0.05, 0.1) is 55.0 Å². The molecule has 4 rings (SSSR count). The van der Waals surface area contributed by atoms with E-state index < -0.39 is 11.9 Å². The maximum absolute atomic E-state index is 12.1. The van der Waals surface area contributed by atoms with Crippen LogP contribution < -0.4 is 132 Å². The third-order valence-corrected chi connectivity index (χ3v) is 8.31. The number of aromatic carboxylic acids is 1. The zero-order valence-corrected chi connectivity index (χ0v) is 43.3. The summed E-state index contributed by atoms with van der Waals surface area (Å²) in [6, 6.07) is 21.9. The minimum atomic E-state index is -1.00. The standard InChI is InChI=1S/C20H22O9S.C13H18O5.C7H6O5S.2K/c1-14(21)16-11-17(25-8-7-24-2)13-18(12-16)26-9-10-27-20(22)15-3-5-19(6-4-15)30-29-28-23;1-10(15)11-7-12(17-4-3-14)9-13(8-11)18-6-5-16-2;8-7(9)5-1-3-6(4-2-5)13-12-11-10;;/h3-6,11-13,23H,7-10H2,1-2H3;7-9,14H,3-6H2,1-2H3;1-4,10H,(H,8,9);;/q;;;2*+1/p-2. The van der Waals surface area contributed by atoms with Gasteiger partial charge in [0.15, 0.2) is 11.6 Å². The minimum Gasteiger partial charge on any atom is -0.691 e. The fourth-order valence-corrected chi connectivity index (χ4v) is 5.02. The summed E-state index contributed by atoms with van der Waals surface area (Å²) in [7, 11) is 3.15. The molecular formula is C40H44K2O19S2. The van der Waals surface area contributed by atoms with Crippen molar-refractivity contribution in [3.63, 3.8) is 0 Å². The fourth-order valence-electron chi connectivity index (χ4n) is 4.32. The molecule has 19 nitrogen and oxygen atoms in total. The Morgan fingerprint density at radius 2 is 0.889 bits per heavy atom. The molecule has 0 amide bonds. The number of hydrogen-bond acceptors (Lipinski definition) is 20. The van der Waals surface area contributed by atoms with Crippen molar-refractivity contribution < 1.29 is 195 Å². The van der Waals surface area contributed by atoms with Crippen molar-refractivity contribution in [2.45, 2.75) is 23.6 Å². The number of ether oxygens (including phenoxy) is 7. The van der Waals surface area contributed by atoms with Crippen LogP contribution in [0.4, 0.5) is 0 Å². The average molecular weight is 971 g/mol. The van der Waals surface area contributed by atoms with E-state index in [1.165, 1.54) is 50.2 Å². The number of benzene rings is 4. The summed E-state index contributed by atoms with van der Waals surface area (Å²) in [6.45, 7) is 4.74. The molecule has 0 aliphatic rings. The molecule has 23 heteroatoms. The number of carboxylic acid groups (broad SMARTS) is 1. The Labute approximate surface area is 457 Å². The summed E-state index contributed by atoms with van der Waals surface area (Å²) in [5, 5.41) is 42.9. The van der Waals surface area contributed by atoms with Gasteiger partial charge in [0.1, 0.15) is 56.0 Å². The van der Waals surface area contributed by atoms with E-state index >= 15 is 0 Å². The number of carboxylic acids is 1. The van der Waals surface area contributed by atoms with E-state index in [4.69, 9.17) is 43.4 Å². The molecule has 0 atom stereocenters. The van der Waals surface area contributed by atoms with Gasteiger partial charge in [0.2, 0.25) is 0 Å². The fraction of sp³-hybridized carbons (Fsp3) is 0.300. The zero-order valence-electron chi connectivity index (χ0n) is 35.4. The Morgan fingerprint density at radius 3 is 1.22 bits per heavy atom. The molecule has 332 valence electrons. The zero-order chi connectivity index (χ0) is 44.8. The van der Waals surface area contributed by atoms with Crippen molar-refractivity contribution in [3.8, 4) is 23.0 Å². The van der Waals surface area contributed by atoms with Crippen molar-refractivity contribution in [2.75, 3.05) is 67.1 Å². The van der Waals surface area contributed by atoms with Gasteiger partial charge >= 0.3 is 115 Å². The summed E-state index contributed by atoms with van der Waals surface area (Å²) in [4.78, 5) is 46.7. The Kier molecular flexibility index (Phi) is 35.9. The van der Waals surface area contributed by atoms with Crippen LogP contribution in [0, 0.1) is 0 Å². The van der Waals surface area contributed by atoms with E-state index in [0.29, 0.717) is 87.9 Å². The van der Waals surface area contributed by atoms with Crippen molar-refractivity contribution in [1.29, 1.82) is 0 Å². The maximum Gasteiger partial charge on any atom is 1.00 e. The molecule has 0 aliphatic carbocycles. The molecule has 0 bridgehead atoms. The van der Waals surface area contributed by atoms with E-state index in [2.05, 4.69) is 18.7 Å². The molecule has 0 saturated heterocycles. The van der Waals surface area contributed by atoms with Gasteiger partial charge < -0.3 is 53.9 Å². The number of aliphatic hydroxyl groups excluding tert-OH is 1. The number of carbonyl (C=O) groups excluding carboxylic acids is 3. The van der Waals surface area contributed by atoms with Crippen LogP contribution in [0.5, 0.6) is 23.0 Å². The smallest absolute Gasteiger partial charge is 0.691 e. The van der Waals surface area contributed by atoms with Crippen molar-refractivity contribution in [3.05, 3.63) is 107 Å². The van der Waals surface area contributed by atoms with Crippen LogP contribution in [0.2, 0.25) is 0 Å². The van der Waals surface area contributed by atoms with Gasteiger partial charge in [-0.2, -0.15) is 8.67 Å². The van der Waals surface area contributed by atoms with Gasteiger partial charge in [-0.05, 0) is 86.6 Å². The number of rotatable bonds is 25. The number of hydrogen-bond donors (Lipinski definition) is 2.